The fourth-order valence-corrected chi connectivity index (χ4v) is 3.96. The fourth-order valence-electron chi connectivity index (χ4n) is 3.96. The summed E-state index contributed by atoms with van der Waals surface area (Å²) in [5.74, 6) is -4.05. The van der Waals surface area contributed by atoms with Crippen LogP contribution in [0.5, 0.6) is 5.75 Å². The van der Waals surface area contributed by atoms with E-state index in [1.54, 1.807) is 65.8 Å². The summed E-state index contributed by atoms with van der Waals surface area (Å²) in [5.41, 5.74) is 2.43. The molecular weight excluding hydrogens is 526 g/mol. The number of hydrogen-bond donors (Lipinski definition) is 0. The van der Waals surface area contributed by atoms with E-state index in [0.717, 1.165) is 11.1 Å². The van der Waals surface area contributed by atoms with Gasteiger partial charge in [0.25, 0.3) is 0 Å². The summed E-state index contributed by atoms with van der Waals surface area (Å²) in [5, 5.41) is 0. The van der Waals surface area contributed by atoms with Crippen LogP contribution in [0.2, 0.25) is 0 Å². The minimum atomic E-state index is -0.870. The molecule has 0 aliphatic carbocycles. The lowest BCUT2D eigenvalue weighted by Crippen LogP contribution is -2.35. The Morgan fingerprint density at radius 3 is 1.83 bits per heavy atom. The number of ether oxygens (including phenoxy) is 4. The highest BCUT2D eigenvalue weighted by atomic mass is 16.6. The van der Waals surface area contributed by atoms with E-state index in [1.807, 2.05) is 24.3 Å². The van der Waals surface area contributed by atoms with Gasteiger partial charge in [-0.15, -0.1) is 0 Å². The monoisotopic (exact) mass is 565 g/mol. The van der Waals surface area contributed by atoms with E-state index in [4.69, 9.17) is 25.5 Å². The molecule has 3 unspecified atom stereocenters. The molecule has 2 aromatic rings. The van der Waals surface area contributed by atoms with Gasteiger partial charge in [-0.05, 0) is 63.8 Å². The topological polar surface area (TPSA) is 110 Å². The van der Waals surface area contributed by atoms with Crippen LogP contribution in [-0.2, 0) is 33.4 Å². The van der Waals surface area contributed by atoms with Gasteiger partial charge in [-0.2, -0.15) is 0 Å². The quantitative estimate of drug-likeness (QED) is 0.0861. The van der Waals surface area contributed by atoms with E-state index in [-0.39, 0.29) is 38.1 Å². The SMILES string of the molecule is [C-]#[N+]c1ccc(-c2ccc(OC(=O)CCCOC(=O)C(C)CC(C(=O)OC(C)C)C(C)C(=O)OC(C)C)cc2)cc1. The molecule has 9 heteroatoms. The van der Waals surface area contributed by atoms with Gasteiger partial charge in [-0.1, -0.05) is 50.2 Å². The highest BCUT2D eigenvalue weighted by Gasteiger charge is 2.36. The van der Waals surface area contributed by atoms with Gasteiger partial charge in [0, 0.05) is 6.42 Å². The molecule has 0 heterocycles. The first-order chi connectivity index (χ1) is 19.4. The van der Waals surface area contributed by atoms with Crippen LogP contribution in [0.15, 0.2) is 48.5 Å². The number of carbonyl (C=O) groups excluding carboxylic acids is 4. The van der Waals surface area contributed by atoms with Crippen LogP contribution in [0.25, 0.3) is 16.0 Å². The molecule has 0 N–H and O–H groups in total. The normalized spacial score (nSPS) is 13.0. The number of esters is 4. The van der Waals surface area contributed by atoms with Crippen molar-refractivity contribution < 1.29 is 38.1 Å². The van der Waals surface area contributed by atoms with Crippen molar-refractivity contribution in [2.45, 2.75) is 73.0 Å². The third-order valence-corrected chi connectivity index (χ3v) is 6.18. The van der Waals surface area contributed by atoms with Crippen molar-refractivity contribution in [2.24, 2.45) is 17.8 Å². The molecule has 0 saturated heterocycles. The van der Waals surface area contributed by atoms with Crippen LogP contribution in [-0.4, -0.2) is 42.7 Å². The lowest BCUT2D eigenvalue weighted by atomic mass is 9.85. The Morgan fingerprint density at radius 2 is 1.29 bits per heavy atom. The van der Waals surface area contributed by atoms with Crippen LogP contribution in [0, 0.1) is 24.3 Å². The molecule has 0 amide bonds. The predicted octanol–water partition coefficient (Wildman–Crippen LogP) is 6.31. The van der Waals surface area contributed by atoms with Crippen molar-refractivity contribution in [2.75, 3.05) is 6.61 Å². The summed E-state index contributed by atoms with van der Waals surface area (Å²) >= 11 is 0. The van der Waals surface area contributed by atoms with Crippen molar-refractivity contribution in [3.8, 4) is 16.9 Å². The van der Waals surface area contributed by atoms with Gasteiger partial charge < -0.3 is 18.9 Å². The minimum Gasteiger partial charge on any atom is -0.465 e. The zero-order valence-electron chi connectivity index (χ0n) is 24.5. The first kappa shape index (κ1) is 33.0. The first-order valence-corrected chi connectivity index (χ1v) is 13.8. The van der Waals surface area contributed by atoms with Gasteiger partial charge in [-0.3, -0.25) is 19.2 Å². The van der Waals surface area contributed by atoms with Crippen LogP contribution in [0.3, 0.4) is 0 Å². The Hall–Kier alpha value is -4.19. The summed E-state index contributed by atoms with van der Waals surface area (Å²) in [6, 6.07) is 14.2. The zero-order chi connectivity index (χ0) is 30.5. The van der Waals surface area contributed by atoms with Crippen LogP contribution < -0.4 is 4.74 Å². The Balaban J connectivity index is 1.82. The van der Waals surface area contributed by atoms with E-state index in [2.05, 4.69) is 4.85 Å². The number of carbonyl (C=O) groups is 4. The van der Waals surface area contributed by atoms with Gasteiger partial charge in [0.15, 0.2) is 5.69 Å². The summed E-state index contributed by atoms with van der Waals surface area (Å²) in [6.45, 7) is 17.1. The third kappa shape index (κ3) is 11.1. The van der Waals surface area contributed by atoms with E-state index in [9.17, 15) is 19.2 Å². The number of benzene rings is 2. The van der Waals surface area contributed by atoms with Gasteiger partial charge in [0.2, 0.25) is 0 Å². The number of hydrogen-bond acceptors (Lipinski definition) is 8. The summed E-state index contributed by atoms with van der Waals surface area (Å²) in [7, 11) is 0. The van der Waals surface area contributed by atoms with Crippen molar-refractivity contribution in [3.05, 3.63) is 59.9 Å². The van der Waals surface area contributed by atoms with Crippen LogP contribution >= 0.6 is 0 Å². The number of rotatable bonds is 14. The maximum Gasteiger partial charge on any atom is 0.311 e. The molecule has 220 valence electrons. The summed E-state index contributed by atoms with van der Waals surface area (Å²) < 4.78 is 21.3. The molecule has 41 heavy (non-hydrogen) atoms. The van der Waals surface area contributed by atoms with Crippen molar-refractivity contribution in [1.82, 2.24) is 0 Å². The molecular formula is C32H39NO8. The molecule has 0 spiro atoms. The largest absolute Gasteiger partial charge is 0.465 e. The average Bonchev–Trinajstić information content (AvgIpc) is 2.93. The fraction of sp³-hybridized carbons (Fsp3) is 0.469. The smallest absolute Gasteiger partial charge is 0.311 e. The highest BCUT2D eigenvalue weighted by molar-refractivity contribution is 5.83. The van der Waals surface area contributed by atoms with E-state index in [0.29, 0.717) is 11.4 Å². The summed E-state index contributed by atoms with van der Waals surface area (Å²) in [4.78, 5) is 53.4. The van der Waals surface area contributed by atoms with Crippen LogP contribution in [0.1, 0.15) is 60.8 Å². The predicted molar refractivity (Wildman–Crippen MR) is 153 cm³/mol. The van der Waals surface area contributed by atoms with E-state index in [1.165, 1.54) is 0 Å². The van der Waals surface area contributed by atoms with Crippen LogP contribution in [0.4, 0.5) is 5.69 Å². The molecule has 2 rings (SSSR count). The zero-order valence-corrected chi connectivity index (χ0v) is 24.5. The molecule has 0 aliphatic rings. The molecule has 0 saturated carbocycles. The molecule has 0 bridgehead atoms. The maximum atomic E-state index is 12.7. The van der Waals surface area contributed by atoms with Crippen molar-refractivity contribution >= 4 is 29.6 Å². The molecule has 9 nitrogen and oxygen atoms in total. The van der Waals surface area contributed by atoms with Gasteiger partial charge in [-0.25, -0.2) is 4.85 Å². The first-order valence-electron chi connectivity index (χ1n) is 13.8. The molecule has 0 aliphatic heterocycles. The van der Waals surface area contributed by atoms with Crippen molar-refractivity contribution in [3.63, 3.8) is 0 Å². The second-order valence-electron chi connectivity index (χ2n) is 10.4. The third-order valence-electron chi connectivity index (χ3n) is 6.18. The lowest BCUT2D eigenvalue weighted by Gasteiger charge is -2.25. The Kier molecular flexibility index (Phi) is 13.0. The summed E-state index contributed by atoms with van der Waals surface area (Å²) in [6.07, 6.45) is -0.348. The molecule has 2 aromatic carbocycles. The van der Waals surface area contributed by atoms with E-state index < -0.39 is 41.6 Å². The van der Waals surface area contributed by atoms with Gasteiger partial charge in [0.05, 0.1) is 43.1 Å². The average molecular weight is 566 g/mol. The maximum absolute atomic E-state index is 12.7. The standard InChI is InChI=1S/C32H39NO8/c1-20(2)39-31(36)23(6)28(32(37)40-21(3)4)19-22(5)30(35)38-18-8-9-29(34)41-27-16-12-25(13-17-27)24-10-14-26(33-7)15-11-24/h10-17,20-23,28H,8-9,18-19H2,1-6H3. The molecule has 0 aromatic heterocycles. The van der Waals surface area contributed by atoms with Gasteiger partial charge >= 0.3 is 23.9 Å². The Bertz CT molecular complexity index is 1210. The van der Waals surface area contributed by atoms with Gasteiger partial charge in [0.1, 0.15) is 5.75 Å². The molecule has 0 fully saturated rings. The second kappa shape index (κ2) is 16.2. The second-order valence-corrected chi connectivity index (χ2v) is 10.4. The lowest BCUT2D eigenvalue weighted by molar-refractivity contribution is -0.166. The highest BCUT2D eigenvalue weighted by Crippen LogP contribution is 2.26. The number of nitrogens with zero attached hydrogens (tertiary/aromatic N) is 1. The molecule has 0 radical (unpaired) electrons. The Morgan fingerprint density at radius 1 is 0.756 bits per heavy atom. The molecule has 3 atom stereocenters. The Labute approximate surface area is 241 Å². The minimum absolute atomic E-state index is 0.00383. The van der Waals surface area contributed by atoms with E-state index >= 15 is 0 Å². The van der Waals surface area contributed by atoms with Crippen molar-refractivity contribution in [1.29, 1.82) is 0 Å².